The first kappa shape index (κ1) is 23.5. The summed E-state index contributed by atoms with van der Waals surface area (Å²) in [6.07, 6.45) is 0.710. The van der Waals surface area contributed by atoms with Gasteiger partial charge in [-0.15, -0.1) is 11.3 Å². The van der Waals surface area contributed by atoms with Crippen molar-refractivity contribution >= 4 is 40.2 Å². The average Bonchev–Trinajstić information content (AvgIpc) is 3.40. The monoisotopic (exact) mass is 493 g/mol. The Hall–Kier alpha value is -3.23. The van der Waals surface area contributed by atoms with Gasteiger partial charge in [0.25, 0.3) is 0 Å². The normalized spacial score (nSPS) is 20.7. The van der Waals surface area contributed by atoms with Gasteiger partial charge in [0.15, 0.2) is 0 Å². The average molecular weight is 494 g/mol. The van der Waals surface area contributed by atoms with Crippen LogP contribution in [0.5, 0.6) is 0 Å². The van der Waals surface area contributed by atoms with Crippen molar-refractivity contribution < 1.29 is 18.7 Å². The highest BCUT2D eigenvalue weighted by molar-refractivity contribution is 7.10. The van der Waals surface area contributed by atoms with Crippen LogP contribution in [-0.4, -0.2) is 38.1 Å². The Labute approximate surface area is 208 Å². The zero-order valence-corrected chi connectivity index (χ0v) is 20.4. The van der Waals surface area contributed by atoms with E-state index in [-0.39, 0.29) is 24.1 Å². The summed E-state index contributed by atoms with van der Waals surface area (Å²) in [6, 6.07) is 16.1. The molecule has 0 bridgehead atoms. The van der Waals surface area contributed by atoms with Crippen molar-refractivity contribution in [1.82, 2.24) is 0 Å². The number of benzene rings is 2. The summed E-state index contributed by atoms with van der Waals surface area (Å²) in [5.74, 6) is -1.06. The minimum atomic E-state index is -0.463. The van der Waals surface area contributed by atoms with Crippen LogP contribution in [-0.2, 0) is 14.3 Å². The molecule has 2 aliphatic rings. The molecule has 1 aromatic heterocycles. The van der Waals surface area contributed by atoms with Gasteiger partial charge in [-0.3, -0.25) is 9.59 Å². The van der Waals surface area contributed by atoms with Crippen molar-refractivity contribution in [3.8, 4) is 0 Å². The van der Waals surface area contributed by atoms with E-state index in [2.05, 4.69) is 5.32 Å². The van der Waals surface area contributed by atoms with Crippen molar-refractivity contribution in [2.24, 2.45) is 5.92 Å². The predicted molar refractivity (Wildman–Crippen MR) is 137 cm³/mol. The van der Waals surface area contributed by atoms with Crippen LogP contribution < -0.4 is 15.1 Å². The van der Waals surface area contributed by atoms with E-state index in [1.807, 2.05) is 53.6 Å². The Morgan fingerprint density at radius 2 is 1.89 bits per heavy atom. The quantitative estimate of drug-likeness (QED) is 0.534. The molecule has 2 amide bonds. The molecule has 35 heavy (non-hydrogen) atoms. The first-order valence-electron chi connectivity index (χ1n) is 11.9. The first-order valence-corrected chi connectivity index (χ1v) is 12.7. The highest BCUT2D eigenvalue weighted by Gasteiger charge is 2.42. The maximum atomic E-state index is 14.9. The lowest BCUT2D eigenvalue weighted by Crippen LogP contribution is -2.46. The number of anilines is 3. The molecule has 0 radical (unpaired) electrons. The number of morpholine rings is 1. The number of hydrogen-bond donors (Lipinski definition) is 1. The molecule has 2 saturated heterocycles. The summed E-state index contributed by atoms with van der Waals surface area (Å²) in [4.78, 5) is 31.2. The van der Waals surface area contributed by atoms with Crippen molar-refractivity contribution in [3.05, 3.63) is 76.2 Å². The number of carbonyl (C=O) groups excluding carboxylic acids is 2. The molecule has 3 heterocycles. The van der Waals surface area contributed by atoms with E-state index < -0.39 is 12.0 Å². The van der Waals surface area contributed by atoms with Crippen LogP contribution in [0, 0.1) is 18.7 Å². The van der Waals surface area contributed by atoms with Gasteiger partial charge in [0.2, 0.25) is 11.8 Å². The highest BCUT2D eigenvalue weighted by atomic mass is 32.1. The third-order valence-electron chi connectivity index (χ3n) is 6.65. The number of amides is 2. The minimum Gasteiger partial charge on any atom is -0.378 e. The van der Waals surface area contributed by atoms with Crippen LogP contribution in [0.15, 0.2) is 60.0 Å². The van der Waals surface area contributed by atoms with Gasteiger partial charge < -0.3 is 19.9 Å². The molecule has 8 heteroatoms. The van der Waals surface area contributed by atoms with E-state index in [0.717, 1.165) is 16.1 Å². The topological polar surface area (TPSA) is 61.9 Å². The van der Waals surface area contributed by atoms with Crippen LogP contribution in [0.1, 0.15) is 29.3 Å². The van der Waals surface area contributed by atoms with Crippen LogP contribution in [0.2, 0.25) is 0 Å². The molecule has 0 saturated carbocycles. The summed E-state index contributed by atoms with van der Waals surface area (Å²) < 4.78 is 20.3. The van der Waals surface area contributed by atoms with Gasteiger partial charge in [0.05, 0.1) is 30.9 Å². The molecule has 1 N–H and O–H groups in total. The van der Waals surface area contributed by atoms with Gasteiger partial charge >= 0.3 is 0 Å². The second-order valence-electron chi connectivity index (χ2n) is 8.96. The first-order chi connectivity index (χ1) is 17.0. The predicted octanol–water partition coefficient (Wildman–Crippen LogP) is 5.16. The lowest BCUT2D eigenvalue weighted by molar-refractivity contribution is -0.125. The number of nitrogens with zero attached hydrogens (tertiary/aromatic N) is 2. The SMILES string of the molecule is Cc1ccc(N2C(=O)CCC(C(=O)Nc3ccc(N4CCOCC4)c(F)c3)C2c2cccs2)cc1. The molecule has 2 aliphatic heterocycles. The van der Waals surface area contributed by atoms with E-state index in [1.165, 1.54) is 17.4 Å². The fourth-order valence-electron chi connectivity index (χ4n) is 4.84. The van der Waals surface area contributed by atoms with Crippen LogP contribution >= 0.6 is 11.3 Å². The summed E-state index contributed by atoms with van der Waals surface area (Å²) in [5.41, 5.74) is 2.80. The molecule has 2 atom stereocenters. The van der Waals surface area contributed by atoms with E-state index in [0.29, 0.717) is 44.1 Å². The van der Waals surface area contributed by atoms with E-state index in [9.17, 15) is 14.0 Å². The van der Waals surface area contributed by atoms with Gasteiger partial charge in [-0.05, 0) is 55.1 Å². The zero-order chi connectivity index (χ0) is 24.4. The molecule has 2 aromatic carbocycles. The maximum Gasteiger partial charge on any atom is 0.229 e. The number of halogens is 1. The van der Waals surface area contributed by atoms with Crippen molar-refractivity contribution in [3.63, 3.8) is 0 Å². The van der Waals surface area contributed by atoms with E-state index >= 15 is 0 Å². The number of piperidine rings is 1. The standard InChI is InChI=1S/C27H28FN3O3S/c1-18-4-7-20(8-5-18)31-25(32)11-9-21(26(31)24-3-2-16-35-24)27(33)29-19-6-10-23(22(28)17-19)30-12-14-34-15-13-30/h2-8,10,16-17,21,26H,9,11-15H2,1H3,(H,29,33). The second kappa shape index (κ2) is 10.2. The summed E-state index contributed by atoms with van der Waals surface area (Å²) in [6.45, 7) is 4.41. The number of carbonyl (C=O) groups is 2. The van der Waals surface area contributed by atoms with E-state index in [1.54, 1.807) is 17.0 Å². The molecular weight excluding hydrogens is 465 g/mol. The zero-order valence-electron chi connectivity index (χ0n) is 19.6. The Kier molecular flexibility index (Phi) is 6.83. The van der Waals surface area contributed by atoms with Gasteiger partial charge in [-0.1, -0.05) is 23.8 Å². The molecule has 0 spiro atoms. The Balaban J connectivity index is 1.40. The molecule has 2 unspecified atom stereocenters. The molecule has 2 fully saturated rings. The molecule has 6 nitrogen and oxygen atoms in total. The smallest absolute Gasteiger partial charge is 0.229 e. The van der Waals surface area contributed by atoms with Crippen molar-refractivity contribution in [2.75, 3.05) is 41.4 Å². The summed E-state index contributed by atoms with van der Waals surface area (Å²) in [7, 11) is 0. The number of ether oxygens (including phenoxy) is 1. The number of aryl methyl sites for hydroxylation is 1. The highest BCUT2D eigenvalue weighted by Crippen LogP contribution is 2.42. The molecule has 182 valence electrons. The molecule has 0 aliphatic carbocycles. The number of rotatable bonds is 5. The number of nitrogens with one attached hydrogen (secondary N) is 1. The lowest BCUT2D eigenvalue weighted by Gasteiger charge is -2.40. The maximum absolute atomic E-state index is 14.9. The third-order valence-corrected chi connectivity index (χ3v) is 7.59. The number of thiophene rings is 1. The number of hydrogen-bond acceptors (Lipinski definition) is 5. The van der Waals surface area contributed by atoms with Crippen LogP contribution in [0.3, 0.4) is 0 Å². The molecule has 3 aromatic rings. The third kappa shape index (κ3) is 4.94. The van der Waals surface area contributed by atoms with Gasteiger partial charge in [-0.25, -0.2) is 4.39 Å². The minimum absolute atomic E-state index is 0.00258. The fraction of sp³-hybridized carbons (Fsp3) is 0.333. The largest absolute Gasteiger partial charge is 0.378 e. The molecule has 5 rings (SSSR count). The van der Waals surface area contributed by atoms with Gasteiger partial charge in [-0.2, -0.15) is 0 Å². The summed E-state index contributed by atoms with van der Waals surface area (Å²) >= 11 is 1.53. The second-order valence-corrected chi connectivity index (χ2v) is 9.94. The van der Waals surface area contributed by atoms with Crippen molar-refractivity contribution in [1.29, 1.82) is 0 Å². The summed E-state index contributed by atoms with van der Waals surface area (Å²) in [5, 5.41) is 4.87. The molecular formula is C27H28FN3O3S. The fourth-order valence-corrected chi connectivity index (χ4v) is 5.72. The van der Waals surface area contributed by atoms with Gasteiger partial charge in [0, 0.05) is 35.8 Å². The van der Waals surface area contributed by atoms with Crippen molar-refractivity contribution in [2.45, 2.75) is 25.8 Å². The Morgan fingerprint density at radius 3 is 2.57 bits per heavy atom. The Morgan fingerprint density at radius 1 is 1.11 bits per heavy atom. The van der Waals surface area contributed by atoms with E-state index in [4.69, 9.17) is 4.74 Å². The van der Waals surface area contributed by atoms with Crippen LogP contribution in [0.25, 0.3) is 0 Å². The van der Waals surface area contributed by atoms with Gasteiger partial charge in [0.1, 0.15) is 5.82 Å². The lowest BCUT2D eigenvalue weighted by atomic mass is 9.86. The van der Waals surface area contributed by atoms with Crippen LogP contribution in [0.4, 0.5) is 21.5 Å². The Bertz CT molecular complexity index is 1190.